The second kappa shape index (κ2) is 10.8. The first-order valence-corrected chi connectivity index (χ1v) is 9.45. The summed E-state index contributed by atoms with van der Waals surface area (Å²) in [6.45, 7) is -0.210. The van der Waals surface area contributed by atoms with Crippen LogP contribution in [-0.4, -0.2) is 36.0 Å². The Bertz CT molecular complexity index is 997. The number of benzene rings is 2. The van der Waals surface area contributed by atoms with Crippen LogP contribution in [0.3, 0.4) is 0 Å². The quantitative estimate of drug-likeness (QED) is 0.225. The predicted molar refractivity (Wildman–Crippen MR) is 106 cm³/mol. The average molecular weight is 476 g/mol. The summed E-state index contributed by atoms with van der Waals surface area (Å²) in [7, 11) is 1.19. The molecule has 2 aromatic rings. The maximum Gasteiger partial charge on any atom is 0.420 e. The van der Waals surface area contributed by atoms with Gasteiger partial charge in [0.25, 0.3) is 5.69 Å². The molecule has 172 valence electrons. The van der Waals surface area contributed by atoms with Crippen LogP contribution < -0.4 is 4.74 Å². The number of rotatable bonds is 9. The molecule has 2 rings (SSSR count). The van der Waals surface area contributed by atoms with Gasteiger partial charge in [-0.2, -0.15) is 13.2 Å². The van der Waals surface area contributed by atoms with Crippen molar-refractivity contribution in [1.82, 2.24) is 0 Å². The van der Waals surface area contributed by atoms with Crippen LogP contribution in [0.4, 0.5) is 18.9 Å². The number of non-ortho nitro benzene ring substituents is 1. The van der Waals surface area contributed by atoms with Crippen molar-refractivity contribution in [1.29, 1.82) is 0 Å². The van der Waals surface area contributed by atoms with E-state index in [0.29, 0.717) is 11.6 Å². The summed E-state index contributed by atoms with van der Waals surface area (Å²) >= 11 is 6.02. The van der Waals surface area contributed by atoms with Gasteiger partial charge in [-0.25, -0.2) is 0 Å². The van der Waals surface area contributed by atoms with Crippen molar-refractivity contribution in [3.05, 3.63) is 63.7 Å². The Morgan fingerprint density at radius 2 is 1.91 bits per heavy atom. The molecule has 12 heteroatoms. The second-order valence-corrected chi connectivity index (χ2v) is 6.88. The molecule has 2 aromatic carbocycles. The van der Waals surface area contributed by atoms with E-state index in [-0.39, 0.29) is 25.2 Å². The third kappa shape index (κ3) is 7.12. The number of carbonyl (C=O) groups is 2. The summed E-state index contributed by atoms with van der Waals surface area (Å²) in [6.07, 6.45) is -5.04. The Morgan fingerprint density at radius 1 is 1.19 bits per heavy atom. The van der Waals surface area contributed by atoms with Crippen molar-refractivity contribution in [2.24, 2.45) is 0 Å². The fraction of sp³-hybridized carbons (Fsp3) is 0.300. The molecule has 1 unspecified atom stereocenters. The molecule has 0 N–H and O–H groups in total. The van der Waals surface area contributed by atoms with E-state index in [1.165, 1.54) is 25.3 Å². The zero-order valence-electron chi connectivity index (χ0n) is 16.6. The fourth-order valence-electron chi connectivity index (χ4n) is 2.52. The van der Waals surface area contributed by atoms with Gasteiger partial charge in [0, 0.05) is 12.1 Å². The zero-order valence-corrected chi connectivity index (χ0v) is 17.3. The molecule has 0 radical (unpaired) electrons. The minimum atomic E-state index is -4.88. The van der Waals surface area contributed by atoms with Crippen LogP contribution in [0.25, 0.3) is 0 Å². The zero-order chi connectivity index (χ0) is 23.9. The normalized spacial score (nSPS) is 12.0. The number of hydrogen-bond acceptors (Lipinski definition) is 7. The molecule has 0 aliphatic heterocycles. The number of hydrogen-bond donors (Lipinski definition) is 0. The Labute approximate surface area is 185 Å². The van der Waals surface area contributed by atoms with Crippen LogP contribution in [-0.2, 0) is 31.7 Å². The third-order valence-electron chi connectivity index (χ3n) is 4.05. The lowest BCUT2D eigenvalue weighted by molar-refractivity contribution is -0.385. The van der Waals surface area contributed by atoms with Crippen molar-refractivity contribution in [3.63, 3.8) is 0 Å². The molecule has 0 saturated heterocycles. The third-order valence-corrected chi connectivity index (χ3v) is 4.39. The molecule has 0 spiro atoms. The van der Waals surface area contributed by atoms with Crippen LogP contribution in [0.15, 0.2) is 42.5 Å². The van der Waals surface area contributed by atoms with E-state index in [1.54, 1.807) is 6.07 Å². The number of halogens is 4. The number of methoxy groups -OCH3 is 1. The van der Waals surface area contributed by atoms with Crippen LogP contribution in [0.5, 0.6) is 11.5 Å². The highest BCUT2D eigenvalue weighted by Gasteiger charge is 2.36. The highest BCUT2D eigenvalue weighted by Crippen LogP contribution is 2.40. The van der Waals surface area contributed by atoms with Gasteiger partial charge in [-0.15, -0.1) is 11.6 Å². The van der Waals surface area contributed by atoms with Crippen LogP contribution in [0.2, 0.25) is 0 Å². The minimum Gasteiger partial charge on any atom is -0.469 e. The van der Waals surface area contributed by atoms with Crippen molar-refractivity contribution >= 4 is 29.2 Å². The Kier molecular flexibility index (Phi) is 8.41. The number of alkyl halides is 4. The van der Waals surface area contributed by atoms with E-state index in [9.17, 15) is 32.9 Å². The Hall–Kier alpha value is -3.34. The van der Waals surface area contributed by atoms with Crippen LogP contribution >= 0.6 is 11.6 Å². The van der Waals surface area contributed by atoms with Gasteiger partial charge >= 0.3 is 18.1 Å². The number of nitrogens with zero attached hydrogens (tertiary/aromatic N) is 1. The number of esters is 2. The van der Waals surface area contributed by atoms with Crippen molar-refractivity contribution in [2.45, 2.75) is 24.4 Å². The summed E-state index contributed by atoms with van der Waals surface area (Å²) in [5.41, 5.74) is -1.57. The molecule has 8 nitrogen and oxygen atoms in total. The van der Waals surface area contributed by atoms with Gasteiger partial charge in [-0.05, 0) is 30.2 Å². The fourth-order valence-corrected chi connectivity index (χ4v) is 2.76. The molecule has 32 heavy (non-hydrogen) atoms. The van der Waals surface area contributed by atoms with E-state index >= 15 is 0 Å². The first-order chi connectivity index (χ1) is 15.0. The molecule has 0 amide bonds. The topological polar surface area (TPSA) is 105 Å². The molecule has 0 heterocycles. The standard InChI is InChI=1S/C20H17ClF3NO7/c1-30-18(26)7-8-31-19(27)16(21)10-12-3-2-4-14(9-12)32-17-6-5-13(25(28)29)11-15(17)20(22,23)24/h2-6,9,11,16H,7-8,10H2,1H3. The van der Waals surface area contributed by atoms with E-state index in [1.807, 2.05) is 0 Å². The molecule has 0 bridgehead atoms. The SMILES string of the molecule is COC(=O)CCOC(=O)C(Cl)Cc1cccc(Oc2ccc([N+](=O)[O-])cc2C(F)(F)F)c1. The molecule has 0 fully saturated rings. The van der Waals surface area contributed by atoms with Gasteiger partial charge in [0.15, 0.2) is 0 Å². The smallest absolute Gasteiger partial charge is 0.420 e. The second-order valence-electron chi connectivity index (χ2n) is 6.35. The minimum absolute atomic E-state index is 0.00442. The Morgan fingerprint density at radius 3 is 2.53 bits per heavy atom. The number of ether oxygens (including phenoxy) is 3. The van der Waals surface area contributed by atoms with Crippen molar-refractivity contribution in [3.8, 4) is 11.5 Å². The summed E-state index contributed by atoms with van der Waals surface area (Å²) in [6, 6.07) is 7.95. The number of nitro benzene ring substituents is 1. The molecule has 0 aliphatic rings. The van der Waals surface area contributed by atoms with Gasteiger partial charge in [-0.1, -0.05) is 12.1 Å². The van der Waals surface area contributed by atoms with E-state index < -0.39 is 45.4 Å². The van der Waals surface area contributed by atoms with E-state index in [4.69, 9.17) is 21.1 Å². The lowest BCUT2D eigenvalue weighted by Gasteiger charge is -2.14. The van der Waals surface area contributed by atoms with Gasteiger partial charge in [-0.3, -0.25) is 19.7 Å². The Balaban J connectivity index is 2.11. The highest BCUT2D eigenvalue weighted by molar-refractivity contribution is 6.30. The molecular weight excluding hydrogens is 459 g/mol. The maximum atomic E-state index is 13.3. The molecular formula is C20H17ClF3NO7. The lowest BCUT2D eigenvalue weighted by Crippen LogP contribution is -2.21. The average Bonchev–Trinajstić information content (AvgIpc) is 2.73. The molecule has 1 atom stereocenters. The first-order valence-electron chi connectivity index (χ1n) is 9.01. The van der Waals surface area contributed by atoms with Gasteiger partial charge in [0.05, 0.1) is 18.5 Å². The summed E-state index contributed by atoms with van der Waals surface area (Å²) in [4.78, 5) is 32.8. The summed E-state index contributed by atoms with van der Waals surface area (Å²) in [5, 5.41) is 9.67. The maximum absolute atomic E-state index is 13.3. The molecule has 0 saturated carbocycles. The highest BCUT2D eigenvalue weighted by atomic mass is 35.5. The predicted octanol–water partition coefficient (Wildman–Crippen LogP) is 4.66. The van der Waals surface area contributed by atoms with Gasteiger partial charge in [0.2, 0.25) is 0 Å². The summed E-state index contributed by atoms with van der Waals surface area (Å²) < 4.78 is 54.5. The van der Waals surface area contributed by atoms with E-state index in [0.717, 1.165) is 12.1 Å². The van der Waals surface area contributed by atoms with Gasteiger partial charge in [0.1, 0.15) is 29.0 Å². The van der Waals surface area contributed by atoms with E-state index in [2.05, 4.69) is 4.74 Å². The number of carbonyl (C=O) groups excluding carboxylic acids is 2. The number of nitro groups is 1. The van der Waals surface area contributed by atoms with Crippen LogP contribution in [0.1, 0.15) is 17.5 Å². The first kappa shape index (κ1) is 24.9. The van der Waals surface area contributed by atoms with Crippen LogP contribution in [0, 0.1) is 10.1 Å². The van der Waals surface area contributed by atoms with Crippen molar-refractivity contribution < 1.29 is 41.9 Å². The molecule has 0 aliphatic carbocycles. The monoisotopic (exact) mass is 475 g/mol. The molecule has 0 aromatic heterocycles. The largest absolute Gasteiger partial charge is 0.469 e. The van der Waals surface area contributed by atoms with Crippen molar-refractivity contribution in [2.75, 3.05) is 13.7 Å². The summed E-state index contributed by atoms with van der Waals surface area (Å²) in [5.74, 6) is -1.95. The lowest BCUT2D eigenvalue weighted by atomic mass is 10.1. The van der Waals surface area contributed by atoms with Gasteiger partial charge < -0.3 is 14.2 Å².